The van der Waals surface area contributed by atoms with Gasteiger partial charge in [0.25, 0.3) is 11.8 Å². The van der Waals surface area contributed by atoms with E-state index < -0.39 is 11.8 Å². The number of carbonyl (C=O) groups excluding carboxylic acids is 2. The van der Waals surface area contributed by atoms with Gasteiger partial charge in [0.2, 0.25) is 0 Å². The fraction of sp³-hybridized carbons (Fsp3) is 0.0714. The maximum absolute atomic E-state index is 11.7. The molecule has 106 valence electrons. The summed E-state index contributed by atoms with van der Waals surface area (Å²) in [5, 5.41) is 5.79. The summed E-state index contributed by atoms with van der Waals surface area (Å²) in [5.74, 6) is -0.965. The van der Waals surface area contributed by atoms with Gasteiger partial charge < -0.3 is 4.90 Å². The van der Waals surface area contributed by atoms with E-state index in [9.17, 15) is 9.59 Å². The maximum Gasteiger partial charge on any atom is 0.263 e. The molecule has 2 heterocycles. The van der Waals surface area contributed by atoms with Crippen LogP contribution in [0.1, 0.15) is 0 Å². The minimum absolute atomic E-state index is 0.0366. The van der Waals surface area contributed by atoms with Gasteiger partial charge in [-0.15, -0.1) is 0 Å². The summed E-state index contributed by atoms with van der Waals surface area (Å²) in [6.07, 6.45) is 3.27. The summed E-state index contributed by atoms with van der Waals surface area (Å²) < 4.78 is 0. The van der Waals surface area contributed by atoms with Crippen LogP contribution in [0.4, 0.5) is 5.69 Å². The molecule has 5 nitrogen and oxygen atoms in total. The molecular weight excluding hydrogens is 306 g/mol. The predicted molar refractivity (Wildman–Crippen MR) is 85.8 cm³/mol. The van der Waals surface area contributed by atoms with Crippen molar-refractivity contribution in [2.45, 2.75) is 4.90 Å². The number of allylic oxidation sites excluding steroid dienone is 2. The summed E-state index contributed by atoms with van der Waals surface area (Å²) in [4.78, 5) is 26.6. The fourth-order valence-electron chi connectivity index (χ4n) is 2.05. The van der Waals surface area contributed by atoms with E-state index in [-0.39, 0.29) is 10.7 Å². The number of thioether (sulfide) groups is 1. The Hall–Kier alpha value is -2.12. The molecule has 1 aromatic carbocycles. The van der Waals surface area contributed by atoms with Crippen LogP contribution in [0.3, 0.4) is 0 Å². The number of hydrogen-bond acceptors (Lipinski definition) is 5. The van der Waals surface area contributed by atoms with Gasteiger partial charge in [-0.2, -0.15) is 0 Å². The zero-order valence-corrected chi connectivity index (χ0v) is 12.7. The third-order valence-corrected chi connectivity index (χ3v) is 4.50. The summed E-state index contributed by atoms with van der Waals surface area (Å²) >= 11 is 6.34. The van der Waals surface area contributed by atoms with Crippen molar-refractivity contribution in [2.24, 2.45) is 0 Å². The van der Waals surface area contributed by atoms with E-state index in [1.54, 1.807) is 17.8 Å². The smallest absolute Gasteiger partial charge is 0.263 e. The molecule has 1 aromatic rings. The highest BCUT2D eigenvalue weighted by atomic mass is 32.2. The monoisotopic (exact) mass is 317 g/mol. The van der Waals surface area contributed by atoms with Crippen molar-refractivity contribution in [3.05, 3.63) is 47.0 Å². The molecule has 7 heteroatoms. The Morgan fingerprint density at radius 3 is 2.48 bits per heavy atom. The second-order valence-electron chi connectivity index (χ2n) is 4.45. The van der Waals surface area contributed by atoms with Crippen LogP contribution in [-0.2, 0) is 9.59 Å². The molecule has 0 atom stereocenters. The molecule has 1 fully saturated rings. The number of rotatable bonds is 1. The molecule has 21 heavy (non-hydrogen) atoms. The van der Waals surface area contributed by atoms with Crippen LogP contribution < -0.4 is 15.5 Å². The first kappa shape index (κ1) is 13.8. The number of hydrogen-bond donors (Lipinski definition) is 2. The van der Waals surface area contributed by atoms with E-state index in [0.29, 0.717) is 0 Å². The molecule has 1 saturated heterocycles. The lowest BCUT2D eigenvalue weighted by molar-refractivity contribution is -0.123. The number of nitrogens with zero attached hydrogens (tertiary/aromatic N) is 1. The van der Waals surface area contributed by atoms with Gasteiger partial charge in [0.1, 0.15) is 5.57 Å². The molecule has 0 aliphatic carbocycles. The second-order valence-corrected chi connectivity index (χ2v) is 5.92. The van der Waals surface area contributed by atoms with Gasteiger partial charge in [-0.3, -0.25) is 20.2 Å². The number of carbonyl (C=O) groups is 2. The standard InChI is InChI=1S/C14H11N3O2S2/c1-17-9-4-2-3-5-10(9)21-11(17)7-6-8-12(18)15-14(20)16-13(8)19/h2-7H,1H3,(H2,15,16,18,19,20). The summed E-state index contributed by atoms with van der Waals surface area (Å²) in [6.45, 7) is 0. The van der Waals surface area contributed by atoms with Gasteiger partial charge in [0.05, 0.1) is 10.7 Å². The van der Waals surface area contributed by atoms with Crippen LogP contribution in [0.5, 0.6) is 0 Å². The lowest BCUT2D eigenvalue weighted by Gasteiger charge is -2.16. The third kappa shape index (κ3) is 2.57. The number of thiocarbonyl (C=S) groups is 1. The summed E-state index contributed by atoms with van der Waals surface area (Å²) in [6, 6.07) is 8.00. The molecule has 0 aromatic heterocycles. The van der Waals surface area contributed by atoms with E-state index in [1.807, 2.05) is 36.2 Å². The van der Waals surface area contributed by atoms with E-state index in [1.165, 1.54) is 6.08 Å². The van der Waals surface area contributed by atoms with E-state index >= 15 is 0 Å². The van der Waals surface area contributed by atoms with Crippen LogP contribution in [-0.4, -0.2) is 24.0 Å². The van der Waals surface area contributed by atoms with Crippen molar-refractivity contribution >= 4 is 46.6 Å². The number of fused-ring (bicyclic) bond motifs is 1. The molecule has 3 rings (SSSR count). The zero-order chi connectivity index (χ0) is 15.0. The van der Waals surface area contributed by atoms with Gasteiger partial charge in [-0.05, 0) is 36.5 Å². The first-order chi connectivity index (χ1) is 10.1. The first-order valence-electron chi connectivity index (χ1n) is 6.15. The van der Waals surface area contributed by atoms with Crippen LogP contribution in [0.2, 0.25) is 0 Å². The Labute approximate surface area is 131 Å². The average molecular weight is 317 g/mol. The molecule has 2 N–H and O–H groups in total. The van der Waals surface area contributed by atoms with Gasteiger partial charge in [0, 0.05) is 11.9 Å². The van der Waals surface area contributed by atoms with Gasteiger partial charge >= 0.3 is 0 Å². The predicted octanol–water partition coefficient (Wildman–Crippen LogP) is 1.53. The normalized spacial score (nSPS) is 19.5. The topological polar surface area (TPSA) is 61.4 Å². The average Bonchev–Trinajstić information content (AvgIpc) is 2.75. The van der Waals surface area contributed by atoms with Crippen molar-refractivity contribution in [2.75, 3.05) is 11.9 Å². The van der Waals surface area contributed by atoms with Crippen molar-refractivity contribution in [1.29, 1.82) is 0 Å². The number of amides is 2. The molecule has 0 radical (unpaired) electrons. The quantitative estimate of drug-likeness (QED) is 0.467. The Kier molecular flexibility index (Phi) is 3.52. The van der Waals surface area contributed by atoms with Gasteiger partial charge in [-0.25, -0.2) is 0 Å². The van der Waals surface area contributed by atoms with Crippen molar-refractivity contribution in [1.82, 2.24) is 10.6 Å². The molecule has 2 aliphatic rings. The first-order valence-corrected chi connectivity index (χ1v) is 7.38. The lowest BCUT2D eigenvalue weighted by atomic mass is 10.2. The van der Waals surface area contributed by atoms with Crippen LogP contribution in [0, 0.1) is 0 Å². The zero-order valence-electron chi connectivity index (χ0n) is 11.0. The Morgan fingerprint density at radius 1 is 1.14 bits per heavy atom. The largest absolute Gasteiger partial charge is 0.338 e. The van der Waals surface area contributed by atoms with E-state index in [0.717, 1.165) is 15.6 Å². The van der Waals surface area contributed by atoms with Crippen LogP contribution >= 0.6 is 24.0 Å². The number of benzene rings is 1. The SMILES string of the molecule is CN1C(=CC=C2C(=O)NC(=S)NC2=O)Sc2ccccc21. The molecule has 2 aliphatic heterocycles. The maximum atomic E-state index is 11.7. The second kappa shape index (κ2) is 5.34. The highest BCUT2D eigenvalue weighted by Crippen LogP contribution is 2.44. The number of nitrogens with one attached hydrogen (secondary N) is 2. The third-order valence-electron chi connectivity index (χ3n) is 3.11. The Bertz CT molecular complexity index is 703. The van der Waals surface area contributed by atoms with Crippen LogP contribution in [0.25, 0.3) is 0 Å². The molecule has 0 bridgehead atoms. The highest BCUT2D eigenvalue weighted by Gasteiger charge is 2.26. The number of para-hydroxylation sites is 1. The molecule has 2 amide bonds. The fourth-order valence-corrected chi connectivity index (χ4v) is 3.29. The Balaban J connectivity index is 1.87. The van der Waals surface area contributed by atoms with Gasteiger partial charge in [-0.1, -0.05) is 23.9 Å². The van der Waals surface area contributed by atoms with Crippen molar-refractivity contribution in [3.8, 4) is 0 Å². The van der Waals surface area contributed by atoms with Crippen molar-refractivity contribution in [3.63, 3.8) is 0 Å². The summed E-state index contributed by atoms with van der Waals surface area (Å²) in [5.41, 5.74) is 1.15. The molecule has 0 saturated carbocycles. The molecule has 0 unspecified atom stereocenters. The Morgan fingerprint density at radius 2 is 1.81 bits per heavy atom. The highest BCUT2D eigenvalue weighted by molar-refractivity contribution is 8.03. The minimum atomic E-state index is -0.483. The van der Waals surface area contributed by atoms with Gasteiger partial charge in [0.15, 0.2) is 5.11 Å². The lowest BCUT2D eigenvalue weighted by Crippen LogP contribution is -2.51. The van der Waals surface area contributed by atoms with E-state index in [2.05, 4.69) is 10.6 Å². The van der Waals surface area contributed by atoms with E-state index in [4.69, 9.17) is 12.2 Å². The summed E-state index contributed by atoms with van der Waals surface area (Å²) in [7, 11) is 1.94. The number of anilines is 1. The molecule has 0 spiro atoms. The molecular formula is C14H11N3O2S2. The van der Waals surface area contributed by atoms with Crippen LogP contribution in [0.15, 0.2) is 51.9 Å². The minimum Gasteiger partial charge on any atom is -0.338 e. The van der Waals surface area contributed by atoms with Crippen molar-refractivity contribution < 1.29 is 9.59 Å².